The smallest absolute Gasteiger partial charge is 0.350 e. The first-order valence-electron chi connectivity index (χ1n) is 5.66. The summed E-state index contributed by atoms with van der Waals surface area (Å²) in [5, 5.41) is 3.64. The summed E-state index contributed by atoms with van der Waals surface area (Å²) in [6, 6.07) is 5.25. The first kappa shape index (κ1) is 14.3. The zero-order valence-electron chi connectivity index (χ0n) is 10.6. The van der Waals surface area contributed by atoms with Crippen molar-refractivity contribution in [2.45, 2.75) is 6.54 Å². The Morgan fingerprint density at radius 1 is 1.35 bits per heavy atom. The Bertz CT molecular complexity index is 643. The molecule has 0 atom stereocenters. The van der Waals surface area contributed by atoms with Gasteiger partial charge in [-0.2, -0.15) is 0 Å². The maximum atomic E-state index is 13.0. The molecule has 1 aromatic carbocycles. The second kappa shape index (κ2) is 5.87. The highest BCUT2D eigenvalue weighted by atomic mass is 32.1. The van der Waals surface area contributed by atoms with Crippen molar-refractivity contribution in [1.82, 2.24) is 0 Å². The molecule has 0 aliphatic rings. The second-order valence-electron chi connectivity index (χ2n) is 3.99. The average molecular weight is 298 g/mol. The molecule has 0 bridgehead atoms. The van der Waals surface area contributed by atoms with Crippen molar-refractivity contribution in [3.63, 3.8) is 0 Å². The number of anilines is 2. The lowest BCUT2D eigenvalue weighted by atomic mass is 10.2. The number of benzene rings is 1. The first-order chi connectivity index (χ1) is 9.51. The minimum absolute atomic E-state index is 0.289. The lowest BCUT2D eigenvalue weighted by Crippen LogP contribution is -2.01. The number of thiophene rings is 1. The van der Waals surface area contributed by atoms with E-state index in [1.165, 1.54) is 13.2 Å². The van der Waals surface area contributed by atoms with E-state index in [1.54, 1.807) is 6.07 Å². The van der Waals surface area contributed by atoms with Crippen LogP contribution in [0.2, 0.25) is 0 Å². The van der Waals surface area contributed by atoms with Crippen molar-refractivity contribution >= 4 is 28.0 Å². The molecule has 106 valence electrons. The molecular formula is C13H12F2N2O2S. The van der Waals surface area contributed by atoms with Crippen LogP contribution in [0.5, 0.6) is 0 Å². The summed E-state index contributed by atoms with van der Waals surface area (Å²) >= 11 is 1.14. The van der Waals surface area contributed by atoms with E-state index in [-0.39, 0.29) is 6.54 Å². The van der Waals surface area contributed by atoms with Crippen molar-refractivity contribution in [1.29, 1.82) is 0 Å². The van der Waals surface area contributed by atoms with Crippen LogP contribution in [0.1, 0.15) is 15.2 Å². The molecule has 3 N–H and O–H groups in total. The Morgan fingerprint density at radius 3 is 2.75 bits per heavy atom. The van der Waals surface area contributed by atoms with E-state index in [0.717, 1.165) is 23.5 Å². The number of methoxy groups -OCH3 is 1. The number of hydrogen-bond acceptors (Lipinski definition) is 5. The number of esters is 1. The highest BCUT2D eigenvalue weighted by Gasteiger charge is 2.14. The summed E-state index contributed by atoms with van der Waals surface area (Å²) in [7, 11) is 1.27. The van der Waals surface area contributed by atoms with E-state index >= 15 is 0 Å². The second-order valence-corrected chi connectivity index (χ2v) is 5.04. The number of hydrogen-bond donors (Lipinski definition) is 2. The average Bonchev–Trinajstić information content (AvgIpc) is 2.80. The molecule has 0 spiro atoms. The molecule has 0 unspecified atom stereocenters. The predicted molar refractivity (Wildman–Crippen MR) is 73.8 cm³/mol. The van der Waals surface area contributed by atoms with Crippen molar-refractivity contribution in [3.05, 3.63) is 46.3 Å². The monoisotopic (exact) mass is 298 g/mol. The summed E-state index contributed by atoms with van der Waals surface area (Å²) in [4.78, 5) is 11.7. The number of ether oxygens (including phenoxy) is 1. The zero-order valence-corrected chi connectivity index (χ0v) is 11.4. The molecule has 7 heteroatoms. The van der Waals surface area contributed by atoms with Crippen molar-refractivity contribution in [2.24, 2.45) is 0 Å². The molecular weight excluding hydrogens is 286 g/mol. The van der Waals surface area contributed by atoms with Crippen molar-refractivity contribution in [2.75, 3.05) is 18.2 Å². The molecule has 20 heavy (non-hydrogen) atoms. The molecule has 4 nitrogen and oxygen atoms in total. The van der Waals surface area contributed by atoms with Gasteiger partial charge in [0.05, 0.1) is 17.8 Å². The number of halogens is 2. The van der Waals surface area contributed by atoms with Crippen LogP contribution in [0, 0.1) is 11.6 Å². The largest absolute Gasteiger partial charge is 0.465 e. The van der Waals surface area contributed by atoms with Gasteiger partial charge in [-0.1, -0.05) is 6.07 Å². The van der Waals surface area contributed by atoms with Gasteiger partial charge in [-0.15, -0.1) is 11.3 Å². The van der Waals surface area contributed by atoms with Crippen molar-refractivity contribution in [3.8, 4) is 0 Å². The molecule has 0 saturated heterocycles. The van der Waals surface area contributed by atoms with E-state index < -0.39 is 17.6 Å². The van der Waals surface area contributed by atoms with E-state index in [2.05, 4.69) is 10.1 Å². The lowest BCUT2D eigenvalue weighted by Gasteiger charge is -2.04. The Hall–Kier alpha value is -2.15. The summed E-state index contributed by atoms with van der Waals surface area (Å²) in [6.45, 7) is 0.289. The fourth-order valence-corrected chi connectivity index (χ4v) is 2.48. The van der Waals surface area contributed by atoms with E-state index in [4.69, 9.17) is 5.73 Å². The Balaban J connectivity index is 2.07. The Labute approximate surface area is 118 Å². The minimum atomic E-state index is -0.898. The van der Waals surface area contributed by atoms with Crippen LogP contribution in [-0.4, -0.2) is 13.1 Å². The van der Waals surface area contributed by atoms with Gasteiger partial charge in [0, 0.05) is 6.54 Å². The molecule has 0 aliphatic heterocycles. The Kier molecular flexibility index (Phi) is 4.19. The molecule has 2 rings (SSSR count). The van der Waals surface area contributed by atoms with E-state index in [1.807, 2.05) is 0 Å². The molecule has 2 aromatic rings. The van der Waals surface area contributed by atoms with E-state index in [9.17, 15) is 13.6 Å². The number of rotatable bonds is 4. The SMILES string of the molecule is COC(=O)c1sc(NCc2ccc(F)c(F)c2)cc1N. The third kappa shape index (κ3) is 3.05. The number of nitrogen functional groups attached to an aromatic ring is 1. The highest BCUT2D eigenvalue weighted by Crippen LogP contribution is 2.30. The Morgan fingerprint density at radius 2 is 2.10 bits per heavy atom. The van der Waals surface area contributed by atoms with Crippen LogP contribution in [0.25, 0.3) is 0 Å². The quantitative estimate of drug-likeness (QED) is 0.852. The van der Waals surface area contributed by atoms with Gasteiger partial charge in [-0.05, 0) is 23.8 Å². The van der Waals surface area contributed by atoms with Gasteiger partial charge in [0.1, 0.15) is 4.88 Å². The van der Waals surface area contributed by atoms with E-state index in [0.29, 0.717) is 21.1 Å². The normalized spacial score (nSPS) is 10.3. The van der Waals surface area contributed by atoms with Crippen molar-refractivity contribution < 1.29 is 18.3 Å². The molecule has 1 aromatic heterocycles. The lowest BCUT2D eigenvalue weighted by molar-refractivity contribution is 0.0607. The van der Waals surface area contributed by atoms with Crippen LogP contribution in [0.4, 0.5) is 19.5 Å². The fourth-order valence-electron chi connectivity index (χ4n) is 1.58. The minimum Gasteiger partial charge on any atom is -0.465 e. The van der Waals surface area contributed by atoms with Crippen LogP contribution in [-0.2, 0) is 11.3 Å². The number of nitrogens with two attached hydrogens (primary N) is 1. The molecule has 0 radical (unpaired) electrons. The summed E-state index contributed by atoms with van der Waals surface area (Å²) < 4.78 is 30.4. The molecule has 0 fully saturated rings. The van der Waals surface area contributed by atoms with Gasteiger partial charge in [-0.25, -0.2) is 13.6 Å². The molecule has 0 aliphatic carbocycles. The predicted octanol–water partition coefficient (Wildman–Crippen LogP) is 3.01. The zero-order chi connectivity index (χ0) is 14.7. The van der Waals surface area contributed by atoms with Gasteiger partial charge >= 0.3 is 5.97 Å². The first-order valence-corrected chi connectivity index (χ1v) is 6.48. The summed E-state index contributed by atoms with van der Waals surface area (Å²) in [6.07, 6.45) is 0. The van der Waals surface area contributed by atoms with Crippen LogP contribution in [0.15, 0.2) is 24.3 Å². The molecule has 0 saturated carbocycles. The van der Waals surface area contributed by atoms with Gasteiger partial charge < -0.3 is 15.8 Å². The van der Waals surface area contributed by atoms with Crippen LogP contribution in [0.3, 0.4) is 0 Å². The summed E-state index contributed by atoms with van der Waals surface area (Å²) in [5.74, 6) is -2.29. The van der Waals surface area contributed by atoms with Gasteiger partial charge in [0.2, 0.25) is 0 Å². The van der Waals surface area contributed by atoms with Gasteiger partial charge in [-0.3, -0.25) is 0 Å². The molecule has 0 amide bonds. The molecule has 1 heterocycles. The number of carbonyl (C=O) groups excluding carboxylic acids is 1. The fraction of sp³-hybridized carbons (Fsp3) is 0.154. The maximum Gasteiger partial charge on any atom is 0.350 e. The van der Waals surface area contributed by atoms with Crippen LogP contribution >= 0.6 is 11.3 Å². The number of carbonyl (C=O) groups is 1. The van der Waals surface area contributed by atoms with Gasteiger partial charge in [0.15, 0.2) is 11.6 Å². The highest BCUT2D eigenvalue weighted by molar-refractivity contribution is 7.18. The third-order valence-corrected chi connectivity index (χ3v) is 3.67. The standard InChI is InChI=1S/C13H12F2N2O2S/c1-19-13(18)12-10(16)5-11(20-12)17-6-7-2-3-8(14)9(15)4-7/h2-5,17H,6,16H2,1H3. The topological polar surface area (TPSA) is 64.3 Å². The maximum absolute atomic E-state index is 13.0. The van der Waals surface area contributed by atoms with Gasteiger partial charge in [0.25, 0.3) is 0 Å². The third-order valence-electron chi connectivity index (χ3n) is 2.58. The number of nitrogens with one attached hydrogen (secondary N) is 1. The summed E-state index contributed by atoms with van der Waals surface area (Å²) in [5.41, 5.74) is 6.58. The van der Waals surface area contributed by atoms with Crippen LogP contribution < -0.4 is 11.1 Å².